The molecule has 2 rings (SSSR count). The Morgan fingerprint density at radius 2 is 1.71 bits per heavy atom. The van der Waals surface area contributed by atoms with Crippen molar-refractivity contribution < 1.29 is 31.1 Å². The third-order valence-electron chi connectivity index (χ3n) is 3.53. The fourth-order valence-electron chi connectivity index (χ4n) is 2.58. The first kappa shape index (κ1) is 16.1. The Bertz CT molecular complexity index is 533. The lowest BCUT2D eigenvalue weighted by atomic mass is 9.94. The van der Waals surface area contributed by atoms with Gasteiger partial charge in [0.15, 0.2) is 5.69 Å². The molecule has 1 saturated heterocycles. The highest BCUT2D eigenvalue weighted by Gasteiger charge is 2.47. The molecular formula is C12H14F6N2O. The molecule has 0 amide bonds. The molecular weight excluding hydrogens is 302 g/mol. The summed E-state index contributed by atoms with van der Waals surface area (Å²) in [7, 11) is 0.864. The Kier molecular flexibility index (Phi) is 3.76. The van der Waals surface area contributed by atoms with Crippen molar-refractivity contribution in [3.8, 4) is 0 Å². The maximum Gasteiger partial charge on any atom is 0.435 e. The normalized spacial score (nSPS) is 24.2. The molecule has 1 aliphatic heterocycles. The van der Waals surface area contributed by atoms with Crippen molar-refractivity contribution >= 4 is 0 Å². The average Bonchev–Trinajstić information content (AvgIpc) is 2.89. The minimum Gasteiger partial charge on any atom is -0.370 e. The van der Waals surface area contributed by atoms with Crippen molar-refractivity contribution in [2.75, 3.05) is 0 Å². The van der Waals surface area contributed by atoms with Gasteiger partial charge in [0, 0.05) is 12.6 Å². The molecule has 0 bridgehead atoms. The molecule has 0 aliphatic carbocycles. The summed E-state index contributed by atoms with van der Waals surface area (Å²) in [6.45, 7) is 3.29. The number of epoxide rings is 1. The van der Waals surface area contributed by atoms with E-state index in [1.165, 1.54) is 0 Å². The van der Waals surface area contributed by atoms with E-state index in [1.54, 1.807) is 13.8 Å². The zero-order valence-corrected chi connectivity index (χ0v) is 11.5. The van der Waals surface area contributed by atoms with Crippen LogP contribution < -0.4 is 0 Å². The number of halogens is 6. The zero-order valence-electron chi connectivity index (χ0n) is 11.5. The molecule has 3 unspecified atom stereocenters. The van der Waals surface area contributed by atoms with Crippen molar-refractivity contribution in [1.82, 2.24) is 9.78 Å². The number of hydrogen-bond acceptors (Lipinski definition) is 2. The van der Waals surface area contributed by atoms with E-state index in [4.69, 9.17) is 4.74 Å². The highest BCUT2D eigenvalue weighted by atomic mass is 19.4. The predicted molar refractivity (Wildman–Crippen MR) is 60.4 cm³/mol. The molecule has 1 aromatic heterocycles. The van der Waals surface area contributed by atoms with Crippen LogP contribution in [0.3, 0.4) is 0 Å². The van der Waals surface area contributed by atoms with Crippen LogP contribution in [0.1, 0.15) is 30.8 Å². The first-order valence-electron chi connectivity index (χ1n) is 6.28. The summed E-state index contributed by atoms with van der Waals surface area (Å²) < 4.78 is 83.1. The van der Waals surface area contributed by atoms with Crippen LogP contribution in [0.4, 0.5) is 26.3 Å². The van der Waals surface area contributed by atoms with Gasteiger partial charge >= 0.3 is 12.4 Å². The van der Waals surface area contributed by atoms with Gasteiger partial charge in [0.25, 0.3) is 0 Å². The summed E-state index contributed by atoms with van der Waals surface area (Å²) in [5.41, 5.74) is -3.64. The molecule has 1 aromatic rings. The number of rotatable bonds is 3. The maximum absolute atomic E-state index is 13.0. The van der Waals surface area contributed by atoms with E-state index >= 15 is 0 Å². The lowest BCUT2D eigenvalue weighted by Crippen LogP contribution is -2.18. The van der Waals surface area contributed by atoms with E-state index < -0.39 is 35.2 Å². The summed E-state index contributed by atoms with van der Waals surface area (Å²) in [5.74, 6) is -0.452. The monoisotopic (exact) mass is 316 g/mol. The van der Waals surface area contributed by atoms with Gasteiger partial charge in [-0.2, -0.15) is 31.4 Å². The molecule has 0 saturated carbocycles. The minimum atomic E-state index is -4.92. The lowest BCUT2D eigenvalue weighted by molar-refractivity contribution is -0.145. The molecule has 0 N–H and O–H groups in total. The van der Waals surface area contributed by atoms with Crippen molar-refractivity contribution in [2.45, 2.75) is 44.8 Å². The van der Waals surface area contributed by atoms with Crippen LogP contribution >= 0.6 is 0 Å². The smallest absolute Gasteiger partial charge is 0.370 e. The van der Waals surface area contributed by atoms with E-state index in [0.29, 0.717) is 0 Å². The molecule has 21 heavy (non-hydrogen) atoms. The van der Waals surface area contributed by atoms with Crippen molar-refractivity contribution in [3.63, 3.8) is 0 Å². The third kappa shape index (κ3) is 3.17. The van der Waals surface area contributed by atoms with Crippen molar-refractivity contribution in [2.24, 2.45) is 13.0 Å². The number of alkyl halides is 6. The summed E-state index contributed by atoms with van der Waals surface area (Å²) in [6.07, 6.45) is -10.7. The second-order valence-electron chi connectivity index (χ2n) is 5.28. The van der Waals surface area contributed by atoms with Crippen LogP contribution in [0.15, 0.2) is 0 Å². The van der Waals surface area contributed by atoms with Gasteiger partial charge in [-0.05, 0) is 19.3 Å². The van der Waals surface area contributed by atoms with Gasteiger partial charge < -0.3 is 4.74 Å². The van der Waals surface area contributed by atoms with E-state index in [9.17, 15) is 26.3 Å². The second-order valence-corrected chi connectivity index (χ2v) is 5.28. The minimum absolute atomic E-state index is 0.139. The number of aryl methyl sites for hydroxylation is 1. The van der Waals surface area contributed by atoms with Gasteiger partial charge in [-0.1, -0.05) is 6.92 Å². The number of nitrogens with zero attached hydrogens (tertiary/aromatic N) is 2. The molecule has 3 atom stereocenters. The van der Waals surface area contributed by atoms with Crippen LogP contribution in [-0.4, -0.2) is 22.0 Å². The number of aromatic nitrogens is 2. The summed E-state index contributed by atoms with van der Waals surface area (Å²) in [5, 5.41) is 3.03. The Morgan fingerprint density at radius 1 is 1.19 bits per heavy atom. The lowest BCUT2D eigenvalue weighted by Gasteiger charge is -2.14. The Balaban J connectivity index is 2.44. The SMILES string of the molecule is CC(Cc1c(C(F)(F)F)nn(C)c1C(F)(F)F)C1OC1C. The molecule has 1 aliphatic rings. The Morgan fingerprint density at radius 3 is 2.10 bits per heavy atom. The van der Waals surface area contributed by atoms with Gasteiger partial charge in [0.1, 0.15) is 5.69 Å². The summed E-state index contributed by atoms with van der Waals surface area (Å²) >= 11 is 0. The van der Waals surface area contributed by atoms with E-state index in [-0.39, 0.29) is 23.3 Å². The topological polar surface area (TPSA) is 30.4 Å². The molecule has 120 valence electrons. The molecule has 9 heteroatoms. The zero-order chi connectivity index (χ0) is 16.2. The maximum atomic E-state index is 13.0. The first-order chi connectivity index (χ1) is 9.43. The van der Waals surface area contributed by atoms with Gasteiger partial charge in [0.2, 0.25) is 0 Å². The van der Waals surface area contributed by atoms with E-state index in [0.717, 1.165) is 7.05 Å². The summed E-state index contributed by atoms with van der Waals surface area (Å²) in [6, 6.07) is 0. The predicted octanol–water partition coefficient (Wildman–Crippen LogP) is 3.42. The highest BCUT2D eigenvalue weighted by Crippen LogP contribution is 2.41. The van der Waals surface area contributed by atoms with Crippen LogP contribution in [0.25, 0.3) is 0 Å². The van der Waals surface area contributed by atoms with Crippen LogP contribution in [0.2, 0.25) is 0 Å². The molecule has 0 aromatic carbocycles. The van der Waals surface area contributed by atoms with Crippen LogP contribution in [-0.2, 0) is 30.6 Å². The highest BCUT2D eigenvalue weighted by molar-refractivity contribution is 5.31. The van der Waals surface area contributed by atoms with E-state index in [1.807, 2.05) is 0 Å². The fraction of sp³-hybridized carbons (Fsp3) is 0.750. The molecule has 3 nitrogen and oxygen atoms in total. The first-order valence-corrected chi connectivity index (χ1v) is 6.28. The molecule has 0 spiro atoms. The quantitative estimate of drug-likeness (QED) is 0.632. The Hall–Kier alpha value is -1.25. The van der Waals surface area contributed by atoms with Crippen molar-refractivity contribution in [1.29, 1.82) is 0 Å². The molecule has 2 heterocycles. The van der Waals surface area contributed by atoms with E-state index in [2.05, 4.69) is 5.10 Å². The van der Waals surface area contributed by atoms with Gasteiger partial charge in [-0.25, -0.2) is 0 Å². The van der Waals surface area contributed by atoms with Crippen LogP contribution in [0, 0.1) is 5.92 Å². The van der Waals surface area contributed by atoms with Gasteiger partial charge in [-0.3, -0.25) is 4.68 Å². The molecule has 0 radical (unpaired) electrons. The third-order valence-corrected chi connectivity index (χ3v) is 3.53. The Labute approximate surface area is 116 Å². The number of ether oxygens (including phenoxy) is 1. The van der Waals surface area contributed by atoms with Gasteiger partial charge in [-0.15, -0.1) is 0 Å². The van der Waals surface area contributed by atoms with Crippen LogP contribution in [0.5, 0.6) is 0 Å². The average molecular weight is 316 g/mol. The fourth-order valence-corrected chi connectivity index (χ4v) is 2.58. The summed E-state index contributed by atoms with van der Waals surface area (Å²) in [4.78, 5) is 0. The second kappa shape index (κ2) is 4.89. The largest absolute Gasteiger partial charge is 0.435 e. The van der Waals surface area contributed by atoms with Crippen molar-refractivity contribution in [3.05, 3.63) is 17.0 Å². The molecule has 1 fully saturated rings. The number of hydrogen-bond donors (Lipinski definition) is 0. The van der Waals surface area contributed by atoms with Gasteiger partial charge in [0.05, 0.1) is 12.2 Å². The standard InChI is InChI=1S/C12H14F6N2O/c1-5(8-6(2)21-8)4-7-9(11(13,14)15)19-20(3)10(7)12(16,17)18/h5-6,8H,4H2,1-3H3.